The fourth-order valence-electron chi connectivity index (χ4n) is 10.4. The number of hydroxylamine groups is 2. The SMILES string of the molecule is CON([C@H]1CC[C@@]2(C)[C@H](CC[C@@H]3[C@@H]2CC[C@]2(C)[C@@H](C4=CC(=O)OC4)CC[C@]32O)C1)[C@H]1O[C@H](CO)[C@@H](O)[C@H](O)[C@@H]1O. The molecule has 0 spiro atoms. The number of esters is 1. The van der Waals surface area contributed by atoms with Gasteiger partial charge in [-0.05, 0) is 92.4 Å². The Balaban J connectivity index is 1.19. The maximum absolute atomic E-state index is 12.4. The summed E-state index contributed by atoms with van der Waals surface area (Å²) in [6.45, 7) is 4.53. The highest BCUT2D eigenvalue weighted by Gasteiger charge is 2.68. The molecule has 6 rings (SSSR count). The minimum Gasteiger partial charge on any atom is -0.458 e. The molecule has 10 nitrogen and oxygen atoms in total. The zero-order valence-corrected chi connectivity index (χ0v) is 23.9. The number of cyclic esters (lactones) is 1. The van der Waals surface area contributed by atoms with Crippen LogP contribution in [0.5, 0.6) is 0 Å². The average molecular weight is 566 g/mol. The van der Waals surface area contributed by atoms with Crippen molar-refractivity contribution in [3.63, 3.8) is 0 Å². The van der Waals surface area contributed by atoms with Gasteiger partial charge in [0, 0.05) is 17.5 Å². The number of hydrogen-bond acceptors (Lipinski definition) is 10. The first kappa shape index (κ1) is 29.0. The fraction of sp³-hybridized carbons (Fsp3) is 0.900. The third kappa shape index (κ3) is 4.08. The lowest BCUT2D eigenvalue weighted by atomic mass is 9.43. The molecule has 13 atom stereocenters. The van der Waals surface area contributed by atoms with Crippen molar-refractivity contribution in [3.05, 3.63) is 11.6 Å². The molecule has 2 aliphatic heterocycles. The second-order valence-electron chi connectivity index (χ2n) is 14.0. The number of nitrogens with zero attached hydrogens (tertiary/aromatic N) is 1. The Morgan fingerprint density at radius 2 is 1.77 bits per heavy atom. The van der Waals surface area contributed by atoms with Crippen LogP contribution in [0.3, 0.4) is 0 Å². The highest BCUT2D eigenvalue weighted by molar-refractivity contribution is 5.85. The van der Waals surface area contributed by atoms with Crippen LogP contribution in [0.15, 0.2) is 11.6 Å². The lowest BCUT2D eigenvalue weighted by Gasteiger charge is -2.64. The number of carbonyl (C=O) groups is 1. The summed E-state index contributed by atoms with van der Waals surface area (Å²) >= 11 is 0. The van der Waals surface area contributed by atoms with Crippen molar-refractivity contribution < 1.29 is 44.6 Å². The summed E-state index contributed by atoms with van der Waals surface area (Å²) in [7, 11) is 1.53. The van der Waals surface area contributed by atoms with E-state index in [2.05, 4.69) is 13.8 Å². The normalized spacial score (nSPS) is 52.5. The van der Waals surface area contributed by atoms with Gasteiger partial charge < -0.3 is 35.0 Å². The van der Waals surface area contributed by atoms with Crippen LogP contribution in [0.1, 0.15) is 71.6 Å². The molecule has 6 aliphatic rings. The third-order valence-electron chi connectivity index (χ3n) is 12.6. The zero-order valence-electron chi connectivity index (χ0n) is 23.9. The molecule has 2 heterocycles. The second-order valence-corrected chi connectivity index (χ2v) is 14.0. The van der Waals surface area contributed by atoms with E-state index in [1.807, 2.05) is 0 Å². The molecule has 5 N–H and O–H groups in total. The van der Waals surface area contributed by atoms with Crippen LogP contribution in [0.2, 0.25) is 0 Å². The van der Waals surface area contributed by atoms with Crippen molar-refractivity contribution >= 4 is 5.97 Å². The minimum atomic E-state index is -1.45. The van der Waals surface area contributed by atoms with Gasteiger partial charge in [0.2, 0.25) is 0 Å². The lowest BCUT2D eigenvalue weighted by Crippen LogP contribution is -2.66. The molecule has 0 amide bonds. The third-order valence-corrected chi connectivity index (χ3v) is 12.6. The van der Waals surface area contributed by atoms with Crippen molar-refractivity contribution in [2.45, 2.75) is 114 Å². The second kappa shape index (κ2) is 10.3. The van der Waals surface area contributed by atoms with Gasteiger partial charge in [-0.25, -0.2) is 4.79 Å². The number of fused-ring (bicyclic) bond motifs is 5. The maximum Gasteiger partial charge on any atom is 0.331 e. The monoisotopic (exact) mass is 565 g/mol. The topological polar surface area (TPSA) is 149 Å². The van der Waals surface area contributed by atoms with Crippen molar-refractivity contribution in [1.29, 1.82) is 0 Å². The quantitative estimate of drug-likeness (QED) is 0.244. The average Bonchev–Trinajstić information content (AvgIpc) is 3.48. The molecule has 40 heavy (non-hydrogen) atoms. The summed E-state index contributed by atoms with van der Waals surface area (Å²) in [5.74, 6) is 0.949. The maximum atomic E-state index is 12.4. The van der Waals surface area contributed by atoms with Gasteiger partial charge in [0.25, 0.3) is 0 Å². The zero-order chi connectivity index (χ0) is 28.6. The first-order valence-electron chi connectivity index (χ1n) is 15.2. The number of rotatable bonds is 5. The van der Waals surface area contributed by atoms with Crippen LogP contribution in [-0.4, -0.2) is 99.2 Å². The molecule has 5 fully saturated rings. The van der Waals surface area contributed by atoms with Gasteiger partial charge in [0.05, 0.1) is 19.3 Å². The molecule has 0 aromatic heterocycles. The first-order chi connectivity index (χ1) is 19.0. The first-order valence-corrected chi connectivity index (χ1v) is 15.2. The molecule has 10 heteroatoms. The summed E-state index contributed by atoms with van der Waals surface area (Å²) in [6, 6.07) is -0.0549. The predicted molar refractivity (Wildman–Crippen MR) is 142 cm³/mol. The number of aliphatic hydroxyl groups is 5. The van der Waals surface area contributed by atoms with Crippen LogP contribution < -0.4 is 0 Å². The van der Waals surface area contributed by atoms with Crippen LogP contribution in [-0.2, 0) is 19.1 Å². The smallest absolute Gasteiger partial charge is 0.331 e. The number of ether oxygens (including phenoxy) is 2. The molecule has 4 saturated carbocycles. The molecule has 0 unspecified atom stereocenters. The Bertz CT molecular complexity index is 1020. The van der Waals surface area contributed by atoms with Crippen LogP contribution in [0, 0.1) is 34.5 Å². The molecule has 0 radical (unpaired) electrons. The van der Waals surface area contributed by atoms with Gasteiger partial charge in [-0.1, -0.05) is 13.8 Å². The van der Waals surface area contributed by atoms with E-state index in [9.17, 15) is 30.3 Å². The van der Waals surface area contributed by atoms with E-state index in [1.165, 1.54) is 7.11 Å². The molecule has 226 valence electrons. The Kier molecular flexibility index (Phi) is 7.43. The van der Waals surface area contributed by atoms with Gasteiger partial charge in [-0.2, -0.15) is 5.06 Å². The number of hydrogen-bond donors (Lipinski definition) is 5. The van der Waals surface area contributed by atoms with Crippen LogP contribution >= 0.6 is 0 Å². The van der Waals surface area contributed by atoms with Crippen LogP contribution in [0.4, 0.5) is 0 Å². The predicted octanol–water partition coefficient (Wildman–Crippen LogP) is 1.28. The van der Waals surface area contributed by atoms with Gasteiger partial charge in [0.1, 0.15) is 31.0 Å². The van der Waals surface area contributed by atoms with E-state index in [0.717, 1.165) is 63.4 Å². The lowest BCUT2D eigenvalue weighted by molar-refractivity contribution is -0.344. The molecule has 1 saturated heterocycles. The molecule has 0 aromatic carbocycles. The molecule has 0 aromatic rings. The standard InChI is InChI=1S/C30H47NO9/c1-28-9-6-18(31(38-3)27-26(36)25(35)24(34)22(14-32)40-27)13-17(28)4-5-21-20(28)7-10-29(2)19(8-11-30(21,29)37)16-12-23(33)39-15-16/h12,17-22,24-27,32,34-37H,4-11,13-15H2,1-3H3/t17-,18+,19-,20+,21-,22-,24-,25+,26+,27+,28+,29-,30+/m1/s1. The van der Waals surface area contributed by atoms with E-state index in [1.54, 1.807) is 11.1 Å². The van der Waals surface area contributed by atoms with Gasteiger partial charge in [0.15, 0.2) is 6.23 Å². The summed E-state index contributed by atoms with van der Waals surface area (Å²) in [5.41, 5.74) is 0.0988. The number of carbonyl (C=O) groups excluding carboxylic acids is 1. The van der Waals surface area contributed by atoms with Crippen LogP contribution in [0.25, 0.3) is 0 Å². The fourth-order valence-corrected chi connectivity index (χ4v) is 10.4. The molecule has 0 bridgehead atoms. The van der Waals surface area contributed by atoms with Crippen molar-refractivity contribution in [2.24, 2.45) is 34.5 Å². The van der Waals surface area contributed by atoms with Crippen molar-refractivity contribution in [1.82, 2.24) is 5.06 Å². The Labute approximate surface area is 236 Å². The molecule has 4 aliphatic carbocycles. The Morgan fingerprint density at radius 1 is 1.00 bits per heavy atom. The highest BCUT2D eigenvalue weighted by atomic mass is 16.7. The van der Waals surface area contributed by atoms with E-state index >= 15 is 0 Å². The van der Waals surface area contributed by atoms with Gasteiger partial charge in [-0.3, -0.25) is 4.84 Å². The van der Waals surface area contributed by atoms with Gasteiger partial charge in [-0.15, -0.1) is 0 Å². The summed E-state index contributed by atoms with van der Waals surface area (Å²) < 4.78 is 11.1. The molecular formula is C30H47NO9. The van der Waals surface area contributed by atoms with Crippen molar-refractivity contribution in [3.8, 4) is 0 Å². The van der Waals surface area contributed by atoms with Crippen molar-refractivity contribution in [2.75, 3.05) is 20.3 Å². The Morgan fingerprint density at radius 3 is 2.45 bits per heavy atom. The largest absolute Gasteiger partial charge is 0.458 e. The highest BCUT2D eigenvalue weighted by Crippen LogP contribution is 2.70. The molecular weight excluding hydrogens is 518 g/mol. The Hall–Kier alpha value is -1.11. The summed E-state index contributed by atoms with van der Waals surface area (Å²) in [5, 5.41) is 55.1. The van der Waals surface area contributed by atoms with E-state index in [-0.39, 0.29) is 34.7 Å². The van der Waals surface area contributed by atoms with E-state index in [4.69, 9.17) is 14.3 Å². The van der Waals surface area contributed by atoms with E-state index in [0.29, 0.717) is 18.4 Å². The summed E-state index contributed by atoms with van der Waals surface area (Å²) in [6.07, 6.45) is 3.63. The van der Waals surface area contributed by atoms with E-state index < -0.39 is 42.9 Å². The minimum absolute atomic E-state index is 0.0549. The summed E-state index contributed by atoms with van der Waals surface area (Å²) in [4.78, 5) is 17.6. The number of aliphatic hydroxyl groups excluding tert-OH is 4. The van der Waals surface area contributed by atoms with Gasteiger partial charge >= 0.3 is 5.97 Å².